The molecule has 0 spiro atoms. The fraction of sp³-hybridized carbons (Fsp3) is 0.154. The van der Waals surface area contributed by atoms with Crippen molar-refractivity contribution >= 4 is 94.0 Å². The highest BCUT2D eigenvalue weighted by Gasteiger charge is 2.11. The van der Waals surface area contributed by atoms with E-state index in [1.54, 1.807) is 6.20 Å². The van der Waals surface area contributed by atoms with Gasteiger partial charge in [0.15, 0.2) is 0 Å². The molecule has 0 radical (unpaired) electrons. The molecule has 8 N–H and O–H groups in total. The van der Waals surface area contributed by atoms with Gasteiger partial charge in [-0.3, -0.25) is 4.98 Å². The van der Waals surface area contributed by atoms with E-state index in [0.717, 1.165) is 166 Å². The van der Waals surface area contributed by atoms with Crippen LogP contribution in [0, 0.1) is 39.5 Å². The third-order valence-electron chi connectivity index (χ3n) is 22.8. The molecular weight excluding hydrogens is 1730 g/mol. The second-order valence-corrected chi connectivity index (χ2v) is 34.9. The number of hydrogen-bond donors (Lipinski definition) is 6. The van der Waals surface area contributed by atoms with Gasteiger partial charge in [-0.1, -0.05) is 314 Å². The van der Waals surface area contributed by atoms with Crippen LogP contribution in [0.1, 0.15) is 144 Å². The maximum Gasteiger partial charge on any atom is 0.130 e. The Morgan fingerprint density at radius 2 is 0.761 bits per heavy atom. The third kappa shape index (κ3) is 42.1. The van der Waals surface area contributed by atoms with E-state index in [1.807, 2.05) is 190 Å². The van der Waals surface area contributed by atoms with Crippen molar-refractivity contribution in [2.24, 2.45) is 11.8 Å². The fourth-order valence-electron chi connectivity index (χ4n) is 15.0. The monoisotopic (exact) mass is 1870 g/mol. The normalized spacial score (nSPS) is 13.5. The number of pyridine rings is 6. The van der Waals surface area contributed by atoms with Gasteiger partial charge in [-0.2, -0.15) is 0 Å². The molecule has 2 unspecified atom stereocenters. The molecule has 0 saturated heterocycles. The number of benzene rings is 6. The summed E-state index contributed by atoms with van der Waals surface area (Å²) >= 11 is 0. The number of allylic oxidation sites excluding steroid dienone is 28. The van der Waals surface area contributed by atoms with Crippen LogP contribution in [-0.2, 0) is 25.7 Å². The molecule has 720 valence electrons. The highest BCUT2D eigenvalue weighted by Crippen LogP contribution is 2.29. The van der Waals surface area contributed by atoms with Crippen LogP contribution in [0.4, 0.5) is 57.5 Å². The number of nitrogens with two attached hydrogens (primary N) is 2. The van der Waals surface area contributed by atoms with Gasteiger partial charge in [0, 0.05) is 71.3 Å². The van der Waals surface area contributed by atoms with Crippen molar-refractivity contribution in [2.45, 2.75) is 120 Å². The summed E-state index contributed by atoms with van der Waals surface area (Å²) in [7, 11) is 0. The van der Waals surface area contributed by atoms with E-state index in [9.17, 15) is 0 Å². The summed E-state index contributed by atoms with van der Waals surface area (Å²) in [5.74, 6) is 4.81. The molecule has 0 amide bonds. The van der Waals surface area contributed by atoms with E-state index in [4.69, 9.17) is 11.5 Å². The average Bonchev–Trinajstić information content (AvgIpc) is 0.850. The molecule has 6 aromatic carbocycles. The Balaban J connectivity index is 0.000000190. The number of fused-ring (bicyclic) bond motifs is 8. The van der Waals surface area contributed by atoms with Crippen molar-refractivity contribution in [3.63, 3.8) is 0 Å². The Morgan fingerprint density at radius 3 is 1.17 bits per heavy atom. The maximum atomic E-state index is 5.79. The van der Waals surface area contributed by atoms with Crippen LogP contribution >= 0.6 is 0 Å². The SMILES string of the molecule is C=CC(=CC(=C)C=Cc1cccc(C)c1)CCc1ccnc(N)c1.C=CC(=CC(=C)C=Cc1cccc(N)c1)CCc1ccnc(C)c1.C=CC(=CC(=C)C=Cc1cccc(Nc2cc(C)ccn2)c1)CC.C=CC(=CC(=C)C=Cc1cccc(Nc2cc(C)ccn2)c1)CC.C=CC1C=C(C)C=Cc2cccc(c2)Nc2cc(ccn2)CC1.C=CC1C=C(C)C=Cc2cccc(c2)Nc2cc(ccn2)CC1. The Bertz CT molecular complexity index is 6310. The smallest absolute Gasteiger partial charge is 0.130 e. The van der Waals surface area contributed by atoms with Gasteiger partial charge in [-0.05, 0) is 362 Å². The quantitative estimate of drug-likeness (QED) is 0.0143. The number of anilines is 10. The summed E-state index contributed by atoms with van der Waals surface area (Å²) < 4.78 is 0. The minimum atomic E-state index is 0.387. The zero-order chi connectivity index (χ0) is 102. The second-order valence-electron chi connectivity index (χ2n) is 34.9. The van der Waals surface area contributed by atoms with Crippen LogP contribution in [-0.4, -0.2) is 29.9 Å². The van der Waals surface area contributed by atoms with Gasteiger partial charge in [0.25, 0.3) is 0 Å². The van der Waals surface area contributed by atoms with Gasteiger partial charge in [-0.15, -0.1) is 13.2 Å². The maximum absolute atomic E-state index is 5.79. The first-order valence-corrected chi connectivity index (χ1v) is 48.4. The van der Waals surface area contributed by atoms with Crippen molar-refractivity contribution < 1.29 is 0 Å². The predicted octanol–water partition coefficient (Wildman–Crippen LogP) is 34.1. The van der Waals surface area contributed by atoms with Crippen molar-refractivity contribution in [1.29, 1.82) is 0 Å². The molecule has 12 heteroatoms. The van der Waals surface area contributed by atoms with Crippen LogP contribution in [0.5, 0.6) is 0 Å². The molecule has 8 heterocycles. The highest BCUT2D eigenvalue weighted by atomic mass is 15.0. The van der Waals surface area contributed by atoms with Crippen LogP contribution in [0.3, 0.4) is 0 Å². The van der Waals surface area contributed by atoms with Crippen LogP contribution in [0.25, 0.3) is 36.5 Å². The summed E-state index contributed by atoms with van der Waals surface area (Å²) in [6, 6.07) is 73.8. The predicted molar refractivity (Wildman–Crippen MR) is 618 cm³/mol. The molecule has 6 aromatic heterocycles. The fourth-order valence-corrected chi connectivity index (χ4v) is 15.0. The summed E-state index contributed by atoms with van der Waals surface area (Å²) in [5, 5.41) is 13.4. The van der Waals surface area contributed by atoms with E-state index in [-0.39, 0.29) is 0 Å². The van der Waals surface area contributed by atoms with E-state index >= 15 is 0 Å². The molecular formula is C130H140N12. The van der Waals surface area contributed by atoms with Crippen LogP contribution in [0.15, 0.2) is 486 Å². The first kappa shape index (κ1) is 109. The number of nitrogens with zero attached hydrogens (tertiary/aromatic N) is 6. The van der Waals surface area contributed by atoms with E-state index in [1.165, 1.54) is 83.5 Å². The molecule has 2 aliphatic heterocycles. The molecule has 0 saturated carbocycles. The molecule has 2 aliphatic rings. The summed E-state index contributed by atoms with van der Waals surface area (Å²) in [6.45, 7) is 56.5. The van der Waals surface area contributed by atoms with E-state index < -0.39 is 0 Å². The third-order valence-corrected chi connectivity index (χ3v) is 22.8. The minimum absolute atomic E-state index is 0.387. The lowest BCUT2D eigenvalue weighted by Crippen LogP contribution is -1.99. The van der Waals surface area contributed by atoms with E-state index in [2.05, 4.69) is 378 Å². The van der Waals surface area contributed by atoms with Gasteiger partial charge in [0.2, 0.25) is 0 Å². The first-order valence-electron chi connectivity index (χ1n) is 48.4. The van der Waals surface area contributed by atoms with Crippen molar-refractivity contribution in [2.75, 3.05) is 32.7 Å². The molecule has 12 nitrogen and oxygen atoms in total. The molecule has 142 heavy (non-hydrogen) atoms. The Labute approximate surface area is 846 Å². The second kappa shape index (κ2) is 60.1. The first-order chi connectivity index (χ1) is 68.8. The van der Waals surface area contributed by atoms with Crippen molar-refractivity contribution in [1.82, 2.24) is 29.9 Å². The van der Waals surface area contributed by atoms with Crippen molar-refractivity contribution in [3.8, 4) is 0 Å². The molecule has 12 aromatic rings. The van der Waals surface area contributed by atoms with E-state index in [0.29, 0.717) is 17.7 Å². The topological polar surface area (TPSA) is 178 Å². The Hall–Kier alpha value is -16.7. The van der Waals surface area contributed by atoms with Gasteiger partial charge in [-0.25, -0.2) is 24.9 Å². The summed E-state index contributed by atoms with van der Waals surface area (Å²) in [6.07, 6.45) is 70.0. The number of aryl methyl sites for hydroxylation is 8. The summed E-state index contributed by atoms with van der Waals surface area (Å²) in [5.41, 5.74) is 44.0. The zero-order valence-corrected chi connectivity index (χ0v) is 84.2. The number of rotatable bonds is 30. The van der Waals surface area contributed by atoms with Crippen LogP contribution < -0.4 is 32.7 Å². The summed E-state index contributed by atoms with van der Waals surface area (Å²) in [4.78, 5) is 25.7. The molecule has 14 rings (SSSR count). The molecule has 2 atom stereocenters. The molecule has 8 bridgehead atoms. The minimum Gasteiger partial charge on any atom is -0.399 e. The van der Waals surface area contributed by atoms with Crippen LogP contribution in [0.2, 0.25) is 0 Å². The molecule has 0 fully saturated rings. The Morgan fingerprint density at radius 1 is 0.373 bits per heavy atom. The highest BCUT2D eigenvalue weighted by molar-refractivity contribution is 5.69. The van der Waals surface area contributed by atoms with Crippen molar-refractivity contribution in [3.05, 3.63) is 564 Å². The molecule has 0 aliphatic carbocycles. The lowest BCUT2D eigenvalue weighted by Gasteiger charge is -2.12. The average molecular weight is 1870 g/mol. The number of aromatic nitrogens is 6. The largest absolute Gasteiger partial charge is 0.399 e. The standard InChI is InChI=1S/4C22H24N2.2C21H22N2/c2*1-5-19(6-2)14-17(3)10-11-20-8-7-9-21(16-20)24-22-15-18(4)12-13-23-22;1-4-19(10-11-21-12-13-24-18(3)15-21)14-17(2)8-9-20-6-5-7-22(23)16-20;1-4-19(10-11-21-12-13-24-22(23)16-21)14-18(3)8-9-20-7-5-6-17(2)15-20;2*1-3-17-9-10-19-11-12-22-21(15-19)23-20-6-4-5-18(14-20)8-7-16(2)13-17/h2*5,7-16H,1,3,6H2,2,4H3,(H,23,24);4-9,12-16H,1-2,10-11,23H2,3H3;4-9,12-16H,1,3,10-11H2,2H3,(H2,23,24);2*3-8,11-15,17H,1,9-10H2,2H3,(H,22,23). The van der Waals surface area contributed by atoms with Gasteiger partial charge in [0.05, 0.1) is 0 Å². The zero-order valence-electron chi connectivity index (χ0n) is 84.2. The number of hydrogen-bond acceptors (Lipinski definition) is 12. The lowest BCUT2D eigenvalue weighted by molar-refractivity contribution is 0.706. The lowest BCUT2D eigenvalue weighted by atomic mass is 9.97. The van der Waals surface area contributed by atoms with Gasteiger partial charge in [0.1, 0.15) is 29.1 Å². The number of nitrogen functional groups attached to an aromatic ring is 2. The number of nitrogens with one attached hydrogen (secondary N) is 4. The Kier molecular flexibility index (Phi) is 46.1. The van der Waals surface area contributed by atoms with Gasteiger partial charge < -0.3 is 32.7 Å². The van der Waals surface area contributed by atoms with Gasteiger partial charge >= 0.3 is 0 Å².